The van der Waals surface area contributed by atoms with E-state index in [1.807, 2.05) is 0 Å². The van der Waals surface area contributed by atoms with Gasteiger partial charge in [0.05, 0.1) is 0 Å². The molecule has 2 nitrogen and oxygen atoms in total. The summed E-state index contributed by atoms with van der Waals surface area (Å²) in [4.78, 5) is 2.73. The van der Waals surface area contributed by atoms with Crippen LogP contribution in [-0.2, 0) is 0 Å². The summed E-state index contributed by atoms with van der Waals surface area (Å²) in [5, 5.41) is 0. The van der Waals surface area contributed by atoms with E-state index < -0.39 is 0 Å². The molecule has 2 N–H and O–H groups in total. The first-order chi connectivity index (χ1) is 7.29. The van der Waals surface area contributed by atoms with Crippen molar-refractivity contribution >= 4 is 0 Å². The molecule has 1 heterocycles. The Balaban J connectivity index is 1.75. The largest absolute Gasteiger partial charge is 0.330 e. The first-order valence-corrected chi connectivity index (χ1v) is 6.73. The minimum atomic E-state index is 0.809. The number of hydrogen-bond donors (Lipinski definition) is 1. The number of nitrogens with two attached hydrogens (primary N) is 1. The third-order valence-corrected chi connectivity index (χ3v) is 4.48. The van der Waals surface area contributed by atoms with E-state index in [0.717, 1.165) is 24.4 Å². The summed E-state index contributed by atoms with van der Waals surface area (Å²) in [5.41, 5.74) is 5.73. The highest BCUT2D eigenvalue weighted by Crippen LogP contribution is 2.29. The number of hydrogen-bond acceptors (Lipinski definition) is 2. The van der Waals surface area contributed by atoms with Crippen molar-refractivity contribution in [2.24, 2.45) is 17.6 Å². The fourth-order valence-electron chi connectivity index (χ4n) is 3.16. The molecule has 0 radical (unpaired) electrons. The van der Waals surface area contributed by atoms with Crippen LogP contribution in [0.1, 0.15) is 45.4 Å². The zero-order valence-electron chi connectivity index (χ0n) is 10.1. The molecule has 2 heteroatoms. The molecular weight excluding hydrogens is 184 g/mol. The number of piperidine rings is 1. The van der Waals surface area contributed by atoms with Gasteiger partial charge in [0, 0.05) is 6.04 Å². The van der Waals surface area contributed by atoms with Crippen LogP contribution in [0.2, 0.25) is 0 Å². The van der Waals surface area contributed by atoms with Gasteiger partial charge in [-0.15, -0.1) is 0 Å². The minimum absolute atomic E-state index is 0.809. The molecule has 0 amide bonds. The van der Waals surface area contributed by atoms with Gasteiger partial charge in [-0.1, -0.05) is 6.92 Å². The van der Waals surface area contributed by atoms with Gasteiger partial charge in [0.15, 0.2) is 0 Å². The van der Waals surface area contributed by atoms with Crippen molar-refractivity contribution in [3.05, 3.63) is 0 Å². The molecule has 0 aromatic heterocycles. The molecule has 1 saturated carbocycles. The van der Waals surface area contributed by atoms with Crippen LogP contribution in [0.4, 0.5) is 0 Å². The third kappa shape index (κ3) is 2.94. The van der Waals surface area contributed by atoms with Gasteiger partial charge in [-0.05, 0) is 70.0 Å². The molecule has 2 fully saturated rings. The normalized spacial score (nSPS) is 35.6. The van der Waals surface area contributed by atoms with Crippen LogP contribution in [0.25, 0.3) is 0 Å². The van der Waals surface area contributed by atoms with E-state index in [-0.39, 0.29) is 0 Å². The van der Waals surface area contributed by atoms with Crippen LogP contribution in [0, 0.1) is 11.8 Å². The number of nitrogens with zero attached hydrogens (tertiary/aromatic N) is 1. The van der Waals surface area contributed by atoms with Gasteiger partial charge in [-0.3, -0.25) is 0 Å². The van der Waals surface area contributed by atoms with Crippen molar-refractivity contribution in [3.8, 4) is 0 Å². The molecule has 0 unspecified atom stereocenters. The first-order valence-electron chi connectivity index (χ1n) is 6.73. The average molecular weight is 210 g/mol. The lowest BCUT2D eigenvalue weighted by Gasteiger charge is -2.40. The Hall–Kier alpha value is -0.0800. The highest BCUT2D eigenvalue weighted by atomic mass is 15.2. The fraction of sp³-hybridized carbons (Fsp3) is 1.00. The van der Waals surface area contributed by atoms with E-state index in [1.54, 1.807) is 0 Å². The van der Waals surface area contributed by atoms with Crippen LogP contribution in [0.15, 0.2) is 0 Å². The molecule has 2 rings (SSSR count). The van der Waals surface area contributed by atoms with Crippen molar-refractivity contribution in [2.45, 2.75) is 51.5 Å². The van der Waals surface area contributed by atoms with Crippen molar-refractivity contribution < 1.29 is 0 Å². The van der Waals surface area contributed by atoms with Gasteiger partial charge < -0.3 is 10.6 Å². The Bertz CT molecular complexity index is 177. The molecule has 0 aromatic rings. The standard InChI is InChI=1S/C13H26N2/c1-11-2-4-13(5-3-11)15-8-6-12(10-14)7-9-15/h11-13H,2-10,14H2,1H3. The van der Waals surface area contributed by atoms with Crippen molar-refractivity contribution in [1.29, 1.82) is 0 Å². The van der Waals surface area contributed by atoms with Gasteiger partial charge in [0.2, 0.25) is 0 Å². The van der Waals surface area contributed by atoms with E-state index in [4.69, 9.17) is 5.73 Å². The lowest BCUT2D eigenvalue weighted by atomic mass is 9.85. The van der Waals surface area contributed by atoms with Gasteiger partial charge in [0.25, 0.3) is 0 Å². The summed E-state index contributed by atoms with van der Waals surface area (Å²) in [7, 11) is 0. The van der Waals surface area contributed by atoms with E-state index in [2.05, 4.69) is 11.8 Å². The summed E-state index contributed by atoms with van der Waals surface area (Å²) in [6.07, 6.45) is 8.44. The Kier molecular flexibility index (Phi) is 4.04. The Morgan fingerprint density at radius 2 is 1.60 bits per heavy atom. The zero-order valence-corrected chi connectivity index (χ0v) is 10.1. The second kappa shape index (κ2) is 5.31. The Morgan fingerprint density at radius 3 is 2.13 bits per heavy atom. The van der Waals surface area contributed by atoms with Crippen molar-refractivity contribution in [2.75, 3.05) is 19.6 Å². The SMILES string of the molecule is CC1CCC(N2CCC(CN)CC2)CC1. The molecule has 1 saturated heterocycles. The fourth-order valence-corrected chi connectivity index (χ4v) is 3.16. The summed E-state index contributed by atoms with van der Waals surface area (Å²) in [5.74, 6) is 1.78. The lowest BCUT2D eigenvalue weighted by Crippen LogP contribution is -2.44. The molecule has 1 aliphatic heterocycles. The smallest absolute Gasteiger partial charge is 0.00954 e. The van der Waals surface area contributed by atoms with E-state index in [9.17, 15) is 0 Å². The van der Waals surface area contributed by atoms with E-state index in [1.165, 1.54) is 51.6 Å². The Morgan fingerprint density at radius 1 is 1.00 bits per heavy atom. The summed E-state index contributed by atoms with van der Waals surface area (Å²) in [6.45, 7) is 5.91. The maximum Gasteiger partial charge on any atom is 0.00954 e. The molecule has 2 aliphatic rings. The number of likely N-dealkylation sites (tertiary alicyclic amines) is 1. The van der Waals surface area contributed by atoms with Crippen LogP contribution >= 0.6 is 0 Å². The molecule has 88 valence electrons. The van der Waals surface area contributed by atoms with Gasteiger partial charge >= 0.3 is 0 Å². The molecule has 0 atom stereocenters. The topological polar surface area (TPSA) is 29.3 Å². The highest BCUT2D eigenvalue weighted by Gasteiger charge is 2.27. The van der Waals surface area contributed by atoms with Crippen LogP contribution in [0.3, 0.4) is 0 Å². The maximum absolute atomic E-state index is 5.73. The van der Waals surface area contributed by atoms with Gasteiger partial charge in [-0.2, -0.15) is 0 Å². The summed E-state index contributed by atoms with van der Waals surface area (Å²) < 4.78 is 0. The maximum atomic E-state index is 5.73. The Labute approximate surface area is 94.2 Å². The second-order valence-corrected chi connectivity index (χ2v) is 5.63. The van der Waals surface area contributed by atoms with Gasteiger partial charge in [-0.25, -0.2) is 0 Å². The average Bonchev–Trinajstić information content (AvgIpc) is 2.30. The molecule has 0 bridgehead atoms. The van der Waals surface area contributed by atoms with E-state index in [0.29, 0.717) is 0 Å². The summed E-state index contributed by atoms with van der Waals surface area (Å²) >= 11 is 0. The number of rotatable bonds is 2. The minimum Gasteiger partial charge on any atom is -0.330 e. The molecule has 0 spiro atoms. The zero-order chi connectivity index (χ0) is 10.7. The first kappa shape index (κ1) is 11.4. The lowest BCUT2D eigenvalue weighted by molar-refractivity contribution is 0.0984. The molecule has 1 aliphatic carbocycles. The monoisotopic (exact) mass is 210 g/mol. The molecule has 15 heavy (non-hydrogen) atoms. The van der Waals surface area contributed by atoms with Crippen LogP contribution < -0.4 is 5.73 Å². The van der Waals surface area contributed by atoms with Crippen molar-refractivity contribution in [3.63, 3.8) is 0 Å². The highest BCUT2D eigenvalue weighted by molar-refractivity contribution is 4.82. The predicted octanol–water partition coefficient (Wildman–Crippen LogP) is 2.24. The van der Waals surface area contributed by atoms with Gasteiger partial charge in [0.1, 0.15) is 0 Å². The molecule has 0 aromatic carbocycles. The van der Waals surface area contributed by atoms with Crippen molar-refractivity contribution in [1.82, 2.24) is 4.90 Å². The van der Waals surface area contributed by atoms with E-state index >= 15 is 0 Å². The third-order valence-electron chi connectivity index (χ3n) is 4.48. The quantitative estimate of drug-likeness (QED) is 0.757. The van der Waals surface area contributed by atoms with Crippen LogP contribution in [0.5, 0.6) is 0 Å². The predicted molar refractivity (Wildman–Crippen MR) is 64.8 cm³/mol. The molecular formula is C13H26N2. The van der Waals surface area contributed by atoms with Crippen LogP contribution in [-0.4, -0.2) is 30.6 Å². The second-order valence-electron chi connectivity index (χ2n) is 5.63. The summed E-state index contributed by atoms with van der Waals surface area (Å²) in [6, 6.07) is 0.903.